The summed E-state index contributed by atoms with van der Waals surface area (Å²) in [4.78, 5) is 8.14. The summed E-state index contributed by atoms with van der Waals surface area (Å²) in [6, 6.07) is 16.9. The number of benzene rings is 2. The third kappa shape index (κ3) is 2.17. The Labute approximate surface area is 151 Å². The smallest absolute Gasteiger partial charge is 0.145 e. The highest BCUT2D eigenvalue weighted by Gasteiger charge is 2.18. The van der Waals surface area contributed by atoms with E-state index in [0.29, 0.717) is 5.92 Å². The van der Waals surface area contributed by atoms with E-state index in [1.54, 1.807) is 0 Å². The van der Waals surface area contributed by atoms with E-state index in [9.17, 15) is 0 Å². The Balaban J connectivity index is 1.94. The van der Waals surface area contributed by atoms with Crippen LogP contribution in [-0.4, -0.2) is 9.97 Å². The summed E-state index contributed by atoms with van der Waals surface area (Å²) in [7, 11) is 0. The van der Waals surface area contributed by atoms with Crippen LogP contribution in [0.25, 0.3) is 44.1 Å². The first-order valence-corrected chi connectivity index (χ1v) is 9.01. The SMILES string of the molecule is Cc1cc2c(cc(-c3cc(C(C)C)ccn3)c3oc4ccccc4c32)[nH]1. The number of furan rings is 1. The van der Waals surface area contributed by atoms with Gasteiger partial charge in [0.15, 0.2) is 0 Å². The van der Waals surface area contributed by atoms with Gasteiger partial charge in [-0.3, -0.25) is 4.98 Å². The Kier molecular flexibility index (Phi) is 3.20. The molecule has 0 amide bonds. The van der Waals surface area contributed by atoms with Gasteiger partial charge in [0.05, 0.1) is 5.69 Å². The highest BCUT2D eigenvalue weighted by Crippen LogP contribution is 2.40. The first-order valence-electron chi connectivity index (χ1n) is 9.01. The van der Waals surface area contributed by atoms with Crippen LogP contribution in [0, 0.1) is 6.92 Å². The number of aryl methyl sites for hydroxylation is 1. The van der Waals surface area contributed by atoms with Gasteiger partial charge in [0.1, 0.15) is 11.2 Å². The minimum atomic E-state index is 0.458. The van der Waals surface area contributed by atoms with Crippen LogP contribution in [0.4, 0.5) is 0 Å². The molecule has 0 spiro atoms. The van der Waals surface area contributed by atoms with Crippen LogP contribution >= 0.6 is 0 Å². The second-order valence-electron chi connectivity index (χ2n) is 7.27. The average Bonchev–Trinajstić information content (AvgIpc) is 3.20. The Hall–Kier alpha value is -3.07. The minimum Gasteiger partial charge on any atom is -0.455 e. The highest BCUT2D eigenvalue weighted by atomic mass is 16.3. The van der Waals surface area contributed by atoms with Crippen LogP contribution in [0.1, 0.15) is 31.0 Å². The van der Waals surface area contributed by atoms with Gasteiger partial charge in [0.25, 0.3) is 0 Å². The molecule has 1 N–H and O–H groups in total. The van der Waals surface area contributed by atoms with Gasteiger partial charge in [-0.1, -0.05) is 32.0 Å². The van der Waals surface area contributed by atoms with Gasteiger partial charge in [0, 0.05) is 39.1 Å². The van der Waals surface area contributed by atoms with Gasteiger partial charge in [-0.25, -0.2) is 0 Å². The standard InChI is InChI=1S/C23H20N2O/c1-13(2)15-8-9-24-19(11-15)18-12-20-17(10-14(3)25-20)22-16-6-4-5-7-21(16)26-23(18)22/h4-13,25H,1-3H3. The highest BCUT2D eigenvalue weighted by molar-refractivity contribution is 6.22. The lowest BCUT2D eigenvalue weighted by Gasteiger charge is -2.08. The summed E-state index contributed by atoms with van der Waals surface area (Å²) in [6.07, 6.45) is 1.89. The molecule has 0 bridgehead atoms. The summed E-state index contributed by atoms with van der Waals surface area (Å²) in [5.74, 6) is 0.458. The average molecular weight is 340 g/mol. The van der Waals surface area contributed by atoms with Crippen molar-refractivity contribution in [1.29, 1.82) is 0 Å². The van der Waals surface area contributed by atoms with Gasteiger partial charge in [-0.2, -0.15) is 0 Å². The minimum absolute atomic E-state index is 0.458. The van der Waals surface area contributed by atoms with E-state index < -0.39 is 0 Å². The molecular weight excluding hydrogens is 320 g/mol. The van der Waals surface area contributed by atoms with Crippen molar-refractivity contribution in [2.24, 2.45) is 0 Å². The number of fused-ring (bicyclic) bond motifs is 5. The van der Waals surface area contributed by atoms with Gasteiger partial charge >= 0.3 is 0 Å². The van der Waals surface area contributed by atoms with Gasteiger partial charge in [-0.05, 0) is 48.7 Å². The molecule has 5 rings (SSSR count). The topological polar surface area (TPSA) is 41.8 Å². The van der Waals surface area contributed by atoms with E-state index in [4.69, 9.17) is 4.42 Å². The molecular formula is C23H20N2O. The maximum Gasteiger partial charge on any atom is 0.145 e. The van der Waals surface area contributed by atoms with Crippen molar-refractivity contribution < 1.29 is 4.42 Å². The molecule has 128 valence electrons. The summed E-state index contributed by atoms with van der Waals surface area (Å²) >= 11 is 0. The Morgan fingerprint density at radius 2 is 1.85 bits per heavy atom. The number of H-pyrrole nitrogens is 1. The second-order valence-corrected chi connectivity index (χ2v) is 7.27. The largest absolute Gasteiger partial charge is 0.455 e. The fraction of sp³-hybridized carbons (Fsp3) is 0.174. The normalized spacial score (nSPS) is 12.0. The number of aromatic amines is 1. The van der Waals surface area contributed by atoms with E-state index >= 15 is 0 Å². The van der Waals surface area contributed by atoms with Crippen molar-refractivity contribution in [2.45, 2.75) is 26.7 Å². The lowest BCUT2D eigenvalue weighted by atomic mass is 9.99. The fourth-order valence-corrected chi connectivity index (χ4v) is 3.79. The molecule has 2 aromatic carbocycles. The van der Waals surface area contributed by atoms with E-state index in [1.165, 1.54) is 10.9 Å². The maximum atomic E-state index is 6.30. The molecule has 0 aliphatic rings. The first kappa shape index (κ1) is 15.2. The van der Waals surface area contributed by atoms with Crippen LogP contribution in [0.3, 0.4) is 0 Å². The van der Waals surface area contributed by atoms with Crippen molar-refractivity contribution in [3.05, 3.63) is 66.0 Å². The van der Waals surface area contributed by atoms with Crippen molar-refractivity contribution >= 4 is 32.8 Å². The molecule has 3 aromatic heterocycles. The molecule has 0 saturated carbocycles. The molecule has 0 radical (unpaired) electrons. The summed E-state index contributed by atoms with van der Waals surface area (Å²) in [5.41, 5.74) is 7.35. The van der Waals surface area contributed by atoms with E-state index in [0.717, 1.165) is 44.4 Å². The number of hydrogen-bond donors (Lipinski definition) is 1. The molecule has 3 nitrogen and oxygen atoms in total. The molecule has 3 heterocycles. The maximum absolute atomic E-state index is 6.30. The molecule has 0 saturated heterocycles. The van der Waals surface area contributed by atoms with Crippen LogP contribution in [0.15, 0.2) is 59.1 Å². The summed E-state index contributed by atoms with van der Waals surface area (Å²) < 4.78 is 6.30. The number of rotatable bonds is 2. The first-order chi connectivity index (χ1) is 12.6. The Morgan fingerprint density at radius 1 is 1.00 bits per heavy atom. The predicted molar refractivity (Wildman–Crippen MR) is 108 cm³/mol. The molecule has 0 fully saturated rings. The van der Waals surface area contributed by atoms with Crippen molar-refractivity contribution in [3.63, 3.8) is 0 Å². The van der Waals surface area contributed by atoms with E-state index in [1.807, 2.05) is 18.3 Å². The number of nitrogens with one attached hydrogen (secondary N) is 1. The van der Waals surface area contributed by atoms with Crippen molar-refractivity contribution in [2.75, 3.05) is 0 Å². The van der Waals surface area contributed by atoms with Crippen LogP contribution in [-0.2, 0) is 0 Å². The van der Waals surface area contributed by atoms with Crippen LogP contribution in [0.5, 0.6) is 0 Å². The number of hydrogen-bond acceptors (Lipinski definition) is 2. The van der Waals surface area contributed by atoms with E-state index in [-0.39, 0.29) is 0 Å². The predicted octanol–water partition coefficient (Wildman–Crippen LogP) is 6.56. The third-order valence-corrected chi connectivity index (χ3v) is 5.11. The van der Waals surface area contributed by atoms with Crippen LogP contribution < -0.4 is 0 Å². The molecule has 5 aromatic rings. The summed E-state index contributed by atoms with van der Waals surface area (Å²) in [6.45, 7) is 6.49. The monoisotopic (exact) mass is 340 g/mol. The van der Waals surface area contributed by atoms with Crippen molar-refractivity contribution in [1.82, 2.24) is 9.97 Å². The number of para-hydroxylation sites is 1. The zero-order valence-corrected chi connectivity index (χ0v) is 15.1. The lowest BCUT2D eigenvalue weighted by molar-refractivity contribution is 0.670. The summed E-state index contributed by atoms with van der Waals surface area (Å²) in [5, 5.41) is 3.51. The van der Waals surface area contributed by atoms with Crippen molar-refractivity contribution in [3.8, 4) is 11.3 Å². The molecule has 0 aliphatic heterocycles. The third-order valence-electron chi connectivity index (χ3n) is 5.11. The van der Waals surface area contributed by atoms with Crippen LogP contribution in [0.2, 0.25) is 0 Å². The number of pyridine rings is 1. The van der Waals surface area contributed by atoms with E-state index in [2.05, 4.69) is 67.1 Å². The zero-order valence-electron chi connectivity index (χ0n) is 15.1. The Morgan fingerprint density at radius 3 is 2.69 bits per heavy atom. The Bertz CT molecular complexity index is 1270. The second kappa shape index (κ2) is 5.46. The quantitative estimate of drug-likeness (QED) is 0.395. The molecule has 0 atom stereocenters. The lowest BCUT2D eigenvalue weighted by Crippen LogP contribution is -1.91. The fourth-order valence-electron chi connectivity index (χ4n) is 3.79. The number of nitrogens with zero attached hydrogens (tertiary/aromatic N) is 1. The van der Waals surface area contributed by atoms with Gasteiger partial charge in [-0.15, -0.1) is 0 Å². The zero-order chi connectivity index (χ0) is 17.8. The molecule has 26 heavy (non-hydrogen) atoms. The molecule has 0 unspecified atom stereocenters. The van der Waals surface area contributed by atoms with Gasteiger partial charge < -0.3 is 9.40 Å². The van der Waals surface area contributed by atoms with Gasteiger partial charge in [0.2, 0.25) is 0 Å². The molecule has 3 heteroatoms. The molecule has 0 aliphatic carbocycles. The number of aromatic nitrogens is 2.